The molecule has 0 bridgehead atoms. The standard InChI is InChI=1S/C35H70NO4P/c1-4-6-8-10-12-14-16-18-20-22-24-26-28-30-33(37)41(40,35(39)32-36-3)34(38)31-29-27-25-23-21-19-17-15-13-11-9-7-5-2/h35-36,39H,4-32H2,1-3H3. The first-order chi connectivity index (χ1) is 19.9. The Kier molecular flexibility index (Phi) is 29.2. The van der Waals surface area contributed by atoms with Crippen LogP contribution in [0.25, 0.3) is 0 Å². The van der Waals surface area contributed by atoms with Crippen LogP contribution in [0.4, 0.5) is 0 Å². The fourth-order valence-electron chi connectivity index (χ4n) is 5.70. The molecule has 0 heterocycles. The molecular weight excluding hydrogens is 529 g/mol. The van der Waals surface area contributed by atoms with Gasteiger partial charge in [0.25, 0.3) is 0 Å². The number of hydrogen-bond acceptors (Lipinski definition) is 5. The number of rotatable bonds is 33. The fourth-order valence-corrected chi connectivity index (χ4v) is 8.07. The van der Waals surface area contributed by atoms with Gasteiger partial charge in [0.1, 0.15) is 5.85 Å². The Hall–Kier alpha value is -0.510. The largest absolute Gasteiger partial charge is 0.383 e. The van der Waals surface area contributed by atoms with E-state index in [-0.39, 0.29) is 19.4 Å². The van der Waals surface area contributed by atoms with Crippen LogP contribution in [-0.4, -0.2) is 35.6 Å². The number of nitrogens with one attached hydrogen (secondary N) is 1. The third-order valence-corrected chi connectivity index (χ3v) is 11.5. The van der Waals surface area contributed by atoms with E-state index in [2.05, 4.69) is 19.2 Å². The summed E-state index contributed by atoms with van der Waals surface area (Å²) in [6, 6.07) is 0. The molecule has 0 saturated heterocycles. The molecular formula is C35H70NO4P. The first-order valence-corrected chi connectivity index (χ1v) is 19.7. The van der Waals surface area contributed by atoms with Gasteiger partial charge in [-0.3, -0.25) is 9.59 Å². The van der Waals surface area contributed by atoms with Crippen LogP contribution >= 0.6 is 7.14 Å². The highest BCUT2D eigenvalue weighted by Crippen LogP contribution is 2.53. The summed E-state index contributed by atoms with van der Waals surface area (Å²) < 4.78 is 13.6. The van der Waals surface area contributed by atoms with Crippen molar-refractivity contribution in [1.29, 1.82) is 0 Å². The lowest BCUT2D eigenvalue weighted by Crippen LogP contribution is -2.29. The second-order valence-electron chi connectivity index (χ2n) is 12.5. The van der Waals surface area contributed by atoms with Gasteiger partial charge in [-0.1, -0.05) is 168 Å². The van der Waals surface area contributed by atoms with E-state index in [1.54, 1.807) is 7.05 Å². The minimum Gasteiger partial charge on any atom is -0.383 e. The maximum Gasteiger partial charge on any atom is 0.239 e. The summed E-state index contributed by atoms with van der Waals surface area (Å²) in [5, 5.41) is 13.3. The molecule has 6 heteroatoms. The van der Waals surface area contributed by atoms with Crippen LogP contribution in [0, 0.1) is 0 Å². The smallest absolute Gasteiger partial charge is 0.239 e. The normalized spacial score (nSPS) is 12.6. The summed E-state index contributed by atoms with van der Waals surface area (Å²) in [7, 11) is -2.32. The second-order valence-corrected chi connectivity index (χ2v) is 15.4. The molecule has 0 spiro atoms. The van der Waals surface area contributed by atoms with E-state index in [1.807, 2.05) is 0 Å². The van der Waals surface area contributed by atoms with Crippen molar-refractivity contribution in [3.8, 4) is 0 Å². The zero-order valence-electron chi connectivity index (χ0n) is 27.7. The molecule has 5 nitrogen and oxygen atoms in total. The van der Waals surface area contributed by atoms with Crippen LogP contribution in [0.1, 0.15) is 194 Å². The van der Waals surface area contributed by atoms with E-state index in [9.17, 15) is 19.3 Å². The summed E-state index contributed by atoms with van der Waals surface area (Å²) in [5.41, 5.74) is -1.02. The average molecular weight is 600 g/mol. The maximum absolute atomic E-state index is 13.6. The van der Waals surface area contributed by atoms with Crippen LogP contribution in [-0.2, 0) is 14.2 Å². The third kappa shape index (κ3) is 21.8. The molecule has 0 radical (unpaired) electrons. The van der Waals surface area contributed by atoms with Gasteiger partial charge in [0.2, 0.25) is 18.2 Å². The zero-order chi connectivity index (χ0) is 30.4. The highest BCUT2D eigenvalue weighted by molar-refractivity contribution is 7.94. The van der Waals surface area contributed by atoms with Crippen molar-refractivity contribution in [1.82, 2.24) is 5.32 Å². The summed E-state index contributed by atoms with van der Waals surface area (Å²) in [6.45, 7) is 4.51. The molecule has 0 aromatic rings. The van der Waals surface area contributed by atoms with Crippen molar-refractivity contribution in [3.05, 3.63) is 0 Å². The van der Waals surface area contributed by atoms with Crippen molar-refractivity contribution >= 4 is 18.2 Å². The molecule has 0 aromatic heterocycles. The average Bonchev–Trinajstić information content (AvgIpc) is 2.97. The van der Waals surface area contributed by atoms with E-state index < -0.39 is 24.0 Å². The Morgan fingerprint density at radius 2 is 0.756 bits per heavy atom. The monoisotopic (exact) mass is 600 g/mol. The van der Waals surface area contributed by atoms with E-state index in [0.717, 1.165) is 25.7 Å². The first kappa shape index (κ1) is 40.5. The summed E-state index contributed by atoms with van der Waals surface area (Å²) in [6.07, 6.45) is 31.8. The minimum absolute atomic E-state index is 0.00592. The molecule has 0 aliphatic heterocycles. The molecule has 0 aliphatic carbocycles. The van der Waals surface area contributed by atoms with Crippen LogP contribution in [0.3, 0.4) is 0 Å². The van der Waals surface area contributed by atoms with Gasteiger partial charge in [0.15, 0.2) is 0 Å². The van der Waals surface area contributed by atoms with Gasteiger partial charge in [-0.15, -0.1) is 0 Å². The van der Waals surface area contributed by atoms with Crippen LogP contribution in [0.15, 0.2) is 0 Å². The maximum atomic E-state index is 13.6. The predicted octanol–water partition coefficient (Wildman–Crippen LogP) is 10.9. The number of unbranched alkanes of at least 4 members (excludes halogenated alkanes) is 24. The van der Waals surface area contributed by atoms with E-state index in [0.29, 0.717) is 12.8 Å². The molecule has 41 heavy (non-hydrogen) atoms. The van der Waals surface area contributed by atoms with E-state index in [4.69, 9.17) is 0 Å². The Morgan fingerprint density at radius 3 is 1.00 bits per heavy atom. The Labute approximate surface area is 255 Å². The number of hydrogen-bond donors (Lipinski definition) is 2. The van der Waals surface area contributed by atoms with Gasteiger partial charge in [0.05, 0.1) is 0 Å². The van der Waals surface area contributed by atoms with Gasteiger partial charge in [-0.05, 0) is 19.9 Å². The molecule has 0 amide bonds. The fraction of sp³-hybridized carbons (Fsp3) is 0.943. The Morgan fingerprint density at radius 1 is 0.512 bits per heavy atom. The van der Waals surface area contributed by atoms with Crippen LogP contribution in [0.5, 0.6) is 0 Å². The topological polar surface area (TPSA) is 83.5 Å². The van der Waals surface area contributed by atoms with Crippen molar-refractivity contribution in [3.63, 3.8) is 0 Å². The lowest BCUT2D eigenvalue weighted by atomic mass is 10.0. The Bertz CT molecular complexity index is 608. The second kappa shape index (κ2) is 29.6. The molecule has 0 fully saturated rings. The SMILES string of the molecule is CCCCCCCCCCCCCCCC(=O)P(=O)(C(=O)CCCCCCCCCCCCCCC)C(O)CNC. The summed E-state index contributed by atoms with van der Waals surface area (Å²) in [4.78, 5) is 26.0. The summed E-state index contributed by atoms with van der Waals surface area (Å²) >= 11 is 0. The van der Waals surface area contributed by atoms with E-state index >= 15 is 0 Å². The van der Waals surface area contributed by atoms with Crippen LogP contribution in [0.2, 0.25) is 0 Å². The lowest BCUT2D eigenvalue weighted by molar-refractivity contribution is -0.115. The molecule has 1 unspecified atom stereocenters. The van der Waals surface area contributed by atoms with Gasteiger partial charge < -0.3 is 15.0 Å². The van der Waals surface area contributed by atoms with Gasteiger partial charge in [-0.2, -0.15) is 0 Å². The molecule has 2 N–H and O–H groups in total. The molecule has 0 saturated carbocycles. The first-order valence-electron chi connectivity index (χ1n) is 17.9. The lowest BCUT2D eigenvalue weighted by Gasteiger charge is -2.21. The highest BCUT2D eigenvalue weighted by atomic mass is 31.2. The minimum atomic E-state index is -3.96. The van der Waals surface area contributed by atoms with Gasteiger partial charge >= 0.3 is 0 Å². The highest BCUT2D eigenvalue weighted by Gasteiger charge is 2.44. The van der Waals surface area contributed by atoms with Gasteiger partial charge in [0, 0.05) is 19.4 Å². The summed E-state index contributed by atoms with van der Waals surface area (Å²) in [5.74, 6) is -1.41. The molecule has 0 rings (SSSR count). The number of aliphatic hydroxyl groups excluding tert-OH is 1. The molecule has 0 aliphatic rings. The van der Waals surface area contributed by atoms with E-state index in [1.165, 1.54) is 128 Å². The molecule has 0 aromatic carbocycles. The molecule has 244 valence electrons. The number of likely N-dealkylation sites (N-methyl/N-ethyl adjacent to an activating group) is 1. The number of carbonyl (C=O) groups is 2. The number of aliphatic hydroxyl groups is 1. The van der Waals surface area contributed by atoms with Crippen molar-refractivity contribution in [2.24, 2.45) is 0 Å². The predicted molar refractivity (Wildman–Crippen MR) is 178 cm³/mol. The van der Waals surface area contributed by atoms with Crippen LogP contribution < -0.4 is 5.32 Å². The Balaban J connectivity index is 4.11. The zero-order valence-corrected chi connectivity index (χ0v) is 28.6. The number of carbonyl (C=O) groups excluding carboxylic acids is 2. The quantitative estimate of drug-likeness (QED) is 0.0579. The third-order valence-electron chi connectivity index (χ3n) is 8.54. The van der Waals surface area contributed by atoms with Crippen molar-refractivity contribution < 1.29 is 19.3 Å². The molecule has 1 atom stereocenters. The van der Waals surface area contributed by atoms with Crippen molar-refractivity contribution in [2.75, 3.05) is 13.6 Å². The van der Waals surface area contributed by atoms with Crippen molar-refractivity contribution in [2.45, 2.75) is 199 Å². The van der Waals surface area contributed by atoms with Gasteiger partial charge in [-0.25, -0.2) is 0 Å².